The number of halogens is 1. The van der Waals surface area contributed by atoms with Crippen LogP contribution in [0.4, 0.5) is 5.69 Å². The molecule has 166 valence electrons. The second-order valence-corrected chi connectivity index (χ2v) is 7.07. The molecule has 0 saturated carbocycles. The Morgan fingerprint density at radius 3 is 2.33 bits per heavy atom. The smallest absolute Gasteiger partial charge is 0.191 e. The number of hydrogen-bond donors (Lipinski definition) is 2. The van der Waals surface area contributed by atoms with Gasteiger partial charge in [0.2, 0.25) is 0 Å². The molecule has 0 heterocycles. The summed E-state index contributed by atoms with van der Waals surface area (Å²) in [6.45, 7) is 6.45. The van der Waals surface area contributed by atoms with Crippen molar-refractivity contribution in [1.29, 1.82) is 0 Å². The van der Waals surface area contributed by atoms with Gasteiger partial charge in [-0.1, -0.05) is 12.1 Å². The predicted molar refractivity (Wildman–Crippen MR) is 137 cm³/mol. The minimum atomic E-state index is 0. The van der Waals surface area contributed by atoms with Crippen molar-refractivity contribution in [2.75, 3.05) is 46.3 Å². The lowest BCUT2D eigenvalue weighted by molar-refractivity contribution is 0.354. The number of aryl methyl sites for hydroxylation is 1. The monoisotopic (exact) mass is 526 g/mol. The van der Waals surface area contributed by atoms with E-state index in [4.69, 9.17) is 14.5 Å². The Hall–Kier alpha value is -2.16. The number of nitrogens with one attached hydrogen (secondary N) is 2. The average molecular weight is 526 g/mol. The summed E-state index contributed by atoms with van der Waals surface area (Å²) in [5.41, 5.74) is 4.87. The number of rotatable bonds is 9. The minimum Gasteiger partial charge on any atom is -0.493 e. The molecule has 0 unspecified atom stereocenters. The summed E-state index contributed by atoms with van der Waals surface area (Å²) in [5, 5.41) is 6.73. The van der Waals surface area contributed by atoms with Gasteiger partial charge in [-0.25, -0.2) is 4.99 Å². The normalized spacial score (nSPS) is 10.8. The molecule has 2 N–H and O–H groups in total. The number of nitrogens with zero attached hydrogens (tertiary/aromatic N) is 2. The standard InChI is InChI=1S/C23H34N4O2.HI/c1-7-24-23(26-16-19-9-10-20(27(3)4)14-17(19)2)25-13-12-18-8-11-21(28-5)22(15-18)29-6;/h8-11,14-15H,7,12-13,16H2,1-6H3,(H2,24,25,26);1H. The summed E-state index contributed by atoms with van der Waals surface area (Å²) in [7, 11) is 7.41. The topological polar surface area (TPSA) is 58.1 Å². The van der Waals surface area contributed by atoms with Crippen LogP contribution in [-0.2, 0) is 13.0 Å². The number of hydrogen-bond acceptors (Lipinski definition) is 4. The zero-order valence-corrected chi connectivity index (χ0v) is 21.2. The second-order valence-electron chi connectivity index (χ2n) is 7.07. The van der Waals surface area contributed by atoms with Crippen LogP contribution in [0.2, 0.25) is 0 Å². The maximum atomic E-state index is 5.38. The molecule has 7 heteroatoms. The van der Waals surface area contributed by atoms with Gasteiger partial charge in [-0.2, -0.15) is 0 Å². The SMILES string of the molecule is CCNC(=NCc1ccc(N(C)C)cc1C)NCCc1ccc(OC)c(OC)c1.I. The molecule has 2 aromatic rings. The first kappa shape index (κ1) is 25.9. The molecule has 0 aliphatic rings. The van der Waals surface area contributed by atoms with Crippen molar-refractivity contribution in [3.8, 4) is 11.5 Å². The van der Waals surface area contributed by atoms with E-state index in [2.05, 4.69) is 67.7 Å². The average Bonchev–Trinajstić information content (AvgIpc) is 2.72. The van der Waals surface area contributed by atoms with Gasteiger partial charge in [0, 0.05) is 32.9 Å². The first-order chi connectivity index (χ1) is 14.0. The van der Waals surface area contributed by atoms with Gasteiger partial charge in [0.05, 0.1) is 20.8 Å². The summed E-state index contributed by atoms with van der Waals surface area (Å²) in [5.74, 6) is 2.32. The van der Waals surface area contributed by atoms with Gasteiger partial charge in [-0.15, -0.1) is 24.0 Å². The fraction of sp³-hybridized carbons (Fsp3) is 0.435. The van der Waals surface area contributed by atoms with Gasteiger partial charge in [0.15, 0.2) is 17.5 Å². The first-order valence-corrected chi connectivity index (χ1v) is 9.98. The summed E-state index contributed by atoms with van der Waals surface area (Å²) in [6, 6.07) is 12.5. The molecular weight excluding hydrogens is 491 g/mol. The molecule has 0 atom stereocenters. The summed E-state index contributed by atoms with van der Waals surface area (Å²) < 4.78 is 10.7. The third kappa shape index (κ3) is 7.59. The maximum absolute atomic E-state index is 5.38. The van der Waals surface area contributed by atoms with Gasteiger partial charge in [-0.3, -0.25) is 0 Å². The Morgan fingerprint density at radius 1 is 1.00 bits per heavy atom. The molecule has 0 saturated heterocycles. The largest absolute Gasteiger partial charge is 0.493 e. The van der Waals surface area contributed by atoms with Gasteiger partial charge in [0.25, 0.3) is 0 Å². The predicted octanol–water partition coefficient (Wildman–Crippen LogP) is 3.99. The highest BCUT2D eigenvalue weighted by atomic mass is 127. The molecule has 0 bridgehead atoms. The lowest BCUT2D eigenvalue weighted by Gasteiger charge is -2.15. The number of aliphatic imine (C=N–C) groups is 1. The molecule has 2 aromatic carbocycles. The summed E-state index contributed by atoms with van der Waals surface area (Å²) >= 11 is 0. The van der Waals surface area contributed by atoms with Crippen LogP contribution in [0, 0.1) is 6.92 Å². The second kappa shape index (κ2) is 13.2. The van der Waals surface area contributed by atoms with E-state index in [1.807, 2.05) is 12.1 Å². The van der Waals surface area contributed by atoms with Gasteiger partial charge in [0.1, 0.15) is 0 Å². The third-order valence-electron chi connectivity index (χ3n) is 4.75. The fourth-order valence-corrected chi connectivity index (χ4v) is 3.00. The number of benzene rings is 2. The molecule has 0 amide bonds. The lowest BCUT2D eigenvalue weighted by Crippen LogP contribution is -2.38. The molecule has 6 nitrogen and oxygen atoms in total. The Morgan fingerprint density at radius 2 is 1.73 bits per heavy atom. The van der Waals surface area contributed by atoms with Gasteiger partial charge >= 0.3 is 0 Å². The van der Waals surface area contributed by atoms with Gasteiger partial charge < -0.3 is 25.0 Å². The van der Waals surface area contributed by atoms with E-state index in [0.717, 1.165) is 37.0 Å². The number of methoxy groups -OCH3 is 2. The highest BCUT2D eigenvalue weighted by Crippen LogP contribution is 2.27. The highest BCUT2D eigenvalue weighted by Gasteiger charge is 2.06. The van der Waals surface area contributed by atoms with Crippen molar-refractivity contribution in [1.82, 2.24) is 10.6 Å². The molecule has 0 fully saturated rings. The minimum absolute atomic E-state index is 0. The van der Waals surface area contributed by atoms with E-state index in [0.29, 0.717) is 6.54 Å². The fourth-order valence-electron chi connectivity index (χ4n) is 3.00. The van der Waals surface area contributed by atoms with E-state index in [-0.39, 0.29) is 24.0 Å². The van der Waals surface area contributed by atoms with Crippen LogP contribution in [0.3, 0.4) is 0 Å². The van der Waals surface area contributed by atoms with Crippen LogP contribution in [0.15, 0.2) is 41.4 Å². The van der Waals surface area contributed by atoms with Crippen molar-refractivity contribution >= 4 is 35.6 Å². The van der Waals surface area contributed by atoms with Crippen molar-refractivity contribution in [2.24, 2.45) is 4.99 Å². The molecule has 0 aliphatic heterocycles. The van der Waals surface area contributed by atoms with E-state index >= 15 is 0 Å². The number of anilines is 1. The Kier molecular flexibility index (Phi) is 11.4. The van der Waals surface area contributed by atoms with Crippen molar-refractivity contribution in [3.05, 3.63) is 53.1 Å². The van der Waals surface area contributed by atoms with E-state index in [1.54, 1.807) is 14.2 Å². The molecule has 0 aromatic heterocycles. The first-order valence-electron chi connectivity index (χ1n) is 9.98. The maximum Gasteiger partial charge on any atom is 0.191 e. The molecule has 30 heavy (non-hydrogen) atoms. The highest BCUT2D eigenvalue weighted by molar-refractivity contribution is 14.0. The molecular formula is C23H35IN4O2. The van der Waals surface area contributed by atoms with Crippen LogP contribution in [0.5, 0.6) is 11.5 Å². The number of guanidine groups is 1. The molecule has 0 aliphatic carbocycles. The van der Waals surface area contributed by atoms with Crippen LogP contribution in [-0.4, -0.2) is 47.4 Å². The van der Waals surface area contributed by atoms with Crippen molar-refractivity contribution < 1.29 is 9.47 Å². The quantitative estimate of drug-likeness (QED) is 0.294. The van der Waals surface area contributed by atoms with Crippen LogP contribution in [0.25, 0.3) is 0 Å². The van der Waals surface area contributed by atoms with E-state index < -0.39 is 0 Å². The zero-order valence-electron chi connectivity index (χ0n) is 18.9. The zero-order chi connectivity index (χ0) is 21.2. The Balaban J connectivity index is 0.00000450. The van der Waals surface area contributed by atoms with E-state index in [9.17, 15) is 0 Å². The summed E-state index contributed by atoms with van der Waals surface area (Å²) in [6.07, 6.45) is 0.862. The molecule has 0 spiro atoms. The third-order valence-corrected chi connectivity index (χ3v) is 4.75. The van der Waals surface area contributed by atoms with Crippen LogP contribution < -0.4 is 25.0 Å². The van der Waals surface area contributed by atoms with Gasteiger partial charge in [-0.05, 0) is 61.2 Å². The van der Waals surface area contributed by atoms with Crippen molar-refractivity contribution in [3.63, 3.8) is 0 Å². The molecule has 2 rings (SSSR count). The number of ether oxygens (including phenoxy) is 2. The summed E-state index contributed by atoms with van der Waals surface area (Å²) in [4.78, 5) is 6.86. The Labute approximate surface area is 198 Å². The van der Waals surface area contributed by atoms with Crippen LogP contribution >= 0.6 is 24.0 Å². The van der Waals surface area contributed by atoms with Crippen LogP contribution in [0.1, 0.15) is 23.6 Å². The molecule has 0 radical (unpaired) electrons. The van der Waals surface area contributed by atoms with Crippen molar-refractivity contribution in [2.45, 2.75) is 26.8 Å². The van der Waals surface area contributed by atoms with E-state index in [1.165, 1.54) is 22.4 Å². The Bertz CT molecular complexity index is 825. The lowest BCUT2D eigenvalue weighted by atomic mass is 10.1.